The van der Waals surface area contributed by atoms with Gasteiger partial charge in [-0.1, -0.05) is 8.96 Å². The van der Waals surface area contributed by atoms with Gasteiger partial charge in [0.05, 0.1) is 0 Å². The molecule has 1 saturated heterocycles. The second kappa shape index (κ2) is 1.46. The Bertz CT molecular complexity index is 145. The van der Waals surface area contributed by atoms with Crippen molar-refractivity contribution in [3.8, 4) is 0 Å². The van der Waals surface area contributed by atoms with Gasteiger partial charge in [0, 0.05) is 13.5 Å². The maximum absolute atomic E-state index is 5.26. The summed E-state index contributed by atoms with van der Waals surface area (Å²) in [5.74, 6) is 1.21. The Hall–Kier alpha value is -0.0700. The fraction of sp³-hybridized carbons (Fsp3) is 0.600. The van der Waals surface area contributed by atoms with Gasteiger partial charge < -0.3 is 9.19 Å². The third-order valence-corrected chi connectivity index (χ3v) is 2.60. The molecule has 8 heavy (non-hydrogen) atoms. The number of fused-ring (bicyclic) bond motifs is 1. The average Bonchev–Trinajstić information content (AvgIpc) is 1.80. The normalized spacial score (nSPS) is 44.9. The lowest BCUT2D eigenvalue weighted by Gasteiger charge is -2.23. The van der Waals surface area contributed by atoms with E-state index in [0.717, 1.165) is 8.96 Å². The third-order valence-electron chi connectivity index (χ3n) is 1.70. The van der Waals surface area contributed by atoms with E-state index in [1.165, 1.54) is 16.9 Å². The van der Waals surface area contributed by atoms with Crippen LogP contribution >= 0.6 is 8.96 Å². The van der Waals surface area contributed by atoms with E-state index in [1.807, 2.05) is 0 Å². The minimum Gasteiger partial charge on any atom is -0.607 e. The van der Waals surface area contributed by atoms with Crippen LogP contribution in [0.25, 0.3) is 0 Å². The minimum absolute atomic E-state index is 0.705. The van der Waals surface area contributed by atoms with Gasteiger partial charge in [0.25, 0.3) is 0 Å². The van der Waals surface area contributed by atoms with Crippen LogP contribution in [0, 0.1) is 0 Å². The van der Waals surface area contributed by atoms with Crippen molar-refractivity contribution in [3.63, 3.8) is 0 Å². The Morgan fingerprint density at radius 1 is 2.00 bits per heavy atom. The molecule has 1 aliphatic carbocycles. The predicted octanol–water partition coefficient (Wildman–Crippen LogP) is -0.0363. The minimum atomic E-state index is 0.705. The molecule has 0 aromatic rings. The van der Waals surface area contributed by atoms with Gasteiger partial charge in [0.15, 0.2) is 0 Å². The highest BCUT2D eigenvalue weighted by Crippen LogP contribution is 2.29. The molecule has 2 nitrogen and oxygen atoms in total. The van der Waals surface area contributed by atoms with Crippen LogP contribution in [-0.4, -0.2) is 13.1 Å². The first-order valence-electron chi connectivity index (χ1n) is 2.79. The zero-order chi connectivity index (χ0) is 5.56. The van der Waals surface area contributed by atoms with Crippen LogP contribution in [0.3, 0.4) is 0 Å². The number of likely N-dealkylation sites (N-methyl/N-ethyl adjacent to an activating group) is 1. The summed E-state index contributed by atoms with van der Waals surface area (Å²) in [6, 6.07) is 0.705. The molecule has 2 aliphatic rings. The third kappa shape index (κ3) is 0.448. The van der Waals surface area contributed by atoms with Gasteiger partial charge in [0.2, 0.25) is 0 Å². The van der Waals surface area contributed by atoms with E-state index >= 15 is 0 Å². The first-order chi connectivity index (χ1) is 3.88. The lowest BCUT2D eigenvalue weighted by atomic mass is 10.0. The lowest BCUT2D eigenvalue weighted by molar-refractivity contribution is -0.761. The molecule has 0 amide bonds. The van der Waals surface area contributed by atoms with E-state index in [4.69, 9.17) is 4.52 Å². The lowest BCUT2D eigenvalue weighted by Crippen LogP contribution is -3.04. The quantitative estimate of drug-likeness (QED) is 0.453. The molecule has 0 bridgehead atoms. The van der Waals surface area contributed by atoms with Crippen molar-refractivity contribution in [1.82, 2.24) is 0 Å². The molecule has 1 N–H and O–H groups in total. The van der Waals surface area contributed by atoms with Gasteiger partial charge in [0.1, 0.15) is 11.8 Å². The van der Waals surface area contributed by atoms with Crippen molar-refractivity contribution in [3.05, 3.63) is 11.8 Å². The molecule has 0 saturated carbocycles. The molecule has 0 aromatic carbocycles. The molecule has 2 rings (SSSR count). The number of rotatable bonds is 0. The molecule has 0 radical (unpaired) electrons. The smallest absolute Gasteiger partial charge is 0.123 e. The Morgan fingerprint density at radius 3 is 3.12 bits per heavy atom. The molecule has 3 heteroatoms. The van der Waals surface area contributed by atoms with Crippen molar-refractivity contribution in [2.75, 3.05) is 7.05 Å². The molecule has 1 fully saturated rings. The monoisotopic (exact) mass is 129 g/mol. The second-order valence-electron chi connectivity index (χ2n) is 2.22. The molecule has 2 unspecified atom stereocenters. The molecule has 0 spiro atoms. The van der Waals surface area contributed by atoms with Crippen LogP contribution in [0.4, 0.5) is 0 Å². The van der Waals surface area contributed by atoms with Crippen molar-refractivity contribution < 1.29 is 9.19 Å². The first kappa shape index (κ1) is 4.78. The van der Waals surface area contributed by atoms with Crippen LogP contribution in [0.5, 0.6) is 0 Å². The summed E-state index contributed by atoms with van der Waals surface area (Å²) in [7, 11) is 3.25. The van der Waals surface area contributed by atoms with Crippen molar-refractivity contribution >= 4 is 8.96 Å². The molecule has 1 heterocycles. The SMILES string of the molecule is C[NH+]1[P-]OC2=CCC21. The summed E-state index contributed by atoms with van der Waals surface area (Å²) in [6.07, 6.45) is 3.38. The van der Waals surface area contributed by atoms with Crippen LogP contribution in [0.15, 0.2) is 11.8 Å². The van der Waals surface area contributed by atoms with E-state index in [2.05, 4.69) is 13.1 Å². The standard InChI is InChI=1S/C5H8NOP/c1-6-4-2-3-5(4)7-8-6/h3-4,6H,2H2,1H3. The fourth-order valence-electron chi connectivity index (χ4n) is 0.998. The van der Waals surface area contributed by atoms with Crippen LogP contribution in [-0.2, 0) is 4.52 Å². The summed E-state index contributed by atoms with van der Waals surface area (Å²) >= 11 is 0. The van der Waals surface area contributed by atoms with Crippen molar-refractivity contribution in [2.45, 2.75) is 12.5 Å². The topological polar surface area (TPSA) is 13.7 Å². The largest absolute Gasteiger partial charge is 0.607 e. The van der Waals surface area contributed by atoms with E-state index in [1.54, 1.807) is 0 Å². The second-order valence-corrected chi connectivity index (χ2v) is 3.29. The summed E-state index contributed by atoms with van der Waals surface area (Å²) in [6.45, 7) is 0. The van der Waals surface area contributed by atoms with Gasteiger partial charge in [-0.2, -0.15) is 0 Å². The van der Waals surface area contributed by atoms with Crippen LogP contribution < -0.4 is 4.67 Å². The van der Waals surface area contributed by atoms with Gasteiger partial charge >= 0.3 is 0 Å². The molecule has 0 aromatic heterocycles. The average molecular weight is 129 g/mol. The molecule has 2 atom stereocenters. The Balaban J connectivity index is 2.20. The number of nitrogens with one attached hydrogen (secondary N) is 1. The van der Waals surface area contributed by atoms with Crippen molar-refractivity contribution in [2.24, 2.45) is 0 Å². The molecule has 44 valence electrons. The molecular weight excluding hydrogens is 121 g/mol. The summed E-state index contributed by atoms with van der Waals surface area (Å²) in [5, 5.41) is 0. The maximum Gasteiger partial charge on any atom is 0.123 e. The van der Waals surface area contributed by atoms with E-state index < -0.39 is 0 Å². The highest BCUT2D eigenvalue weighted by molar-refractivity contribution is 7.24. The Labute approximate surface area is 50.4 Å². The van der Waals surface area contributed by atoms with Gasteiger partial charge in [-0.3, -0.25) is 0 Å². The fourth-order valence-corrected chi connectivity index (χ4v) is 1.81. The summed E-state index contributed by atoms with van der Waals surface area (Å²) in [5.41, 5.74) is 0. The number of quaternary nitrogens is 1. The number of hydrogen-bond acceptors (Lipinski definition) is 1. The first-order valence-corrected chi connectivity index (χ1v) is 3.61. The van der Waals surface area contributed by atoms with Gasteiger partial charge in [-0.15, -0.1) is 0 Å². The zero-order valence-electron chi connectivity index (χ0n) is 4.72. The summed E-state index contributed by atoms with van der Waals surface area (Å²) < 4.78 is 6.73. The van der Waals surface area contributed by atoms with Gasteiger partial charge in [-0.25, -0.2) is 0 Å². The van der Waals surface area contributed by atoms with E-state index in [0.29, 0.717) is 6.04 Å². The zero-order valence-corrected chi connectivity index (χ0v) is 5.61. The Kier molecular flexibility index (Phi) is 0.870. The molecule has 1 aliphatic heterocycles. The van der Waals surface area contributed by atoms with Crippen LogP contribution in [0.1, 0.15) is 6.42 Å². The Morgan fingerprint density at radius 2 is 2.88 bits per heavy atom. The van der Waals surface area contributed by atoms with E-state index in [-0.39, 0.29) is 0 Å². The highest BCUT2D eigenvalue weighted by atomic mass is 31.1. The van der Waals surface area contributed by atoms with Crippen LogP contribution in [0.2, 0.25) is 0 Å². The summed E-state index contributed by atoms with van der Waals surface area (Å²) in [4.78, 5) is 0. The number of hydrogen-bond donors (Lipinski definition) is 1. The van der Waals surface area contributed by atoms with Gasteiger partial charge in [-0.05, 0) is 6.08 Å². The van der Waals surface area contributed by atoms with E-state index in [9.17, 15) is 0 Å². The molecular formula is C5H8NOP. The van der Waals surface area contributed by atoms with Crippen molar-refractivity contribution in [1.29, 1.82) is 0 Å². The maximum atomic E-state index is 5.26. The predicted molar refractivity (Wildman–Crippen MR) is 31.4 cm³/mol. The highest BCUT2D eigenvalue weighted by Gasteiger charge is 2.30.